The molecule has 2 unspecified atom stereocenters. The first kappa shape index (κ1) is 14.0. The van der Waals surface area contributed by atoms with Crippen molar-refractivity contribution in [2.75, 3.05) is 7.11 Å². The van der Waals surface area contributed by atoms with Crippen molar-refractivity contribution in [2.24, 2.45) is 0 Å². The zero-order valence-electron chi connectivity index (χ0n) is 10.1. The minimum absolute atomic E-state index is 0.0449. The summed E-state index contributed by atoms with van der Waals surface area (Å²) in [5.41, 5.74) is -0.748. The van der Waals surface area contributed by atoms with Crippen LogP contribution in [0.2, 0.25) is 0 Å². The van der Waals surface area contributed by atoms with Gasteiger partial charge in [-0.2, -0.15) is 0 Å². The summed E-state index contributed by atoms with van der Waals surface area (Å²) in [6.07, 6.45) is 7.26. The lowest BCUT2D eigenvalue weighted by molar-refractivity contribution is -0.142. The highest BCUT2D eigenvalue weighted by Crippen LogP contribution is 2.14. The van der Waals surface area contributed by atoms with Crippen molar-refractivity contribution in [3.05, 3.63) is 0 Å². The summed E-state index contributed by atoms with van der Waals surface area (Å²) in [5.74, 6) is 2.47. The van der Waals surface area contributed by atoms with Gasteiger partial charge >= 0.3 is 0 Å². The second kappa shape index (κ2) is 6.47. The summed E-state index contributed by atoms with van der Waals surface area (Å²) in [5, 5.41) is 2.90. The molecule has 0 radical (unpaired) electrons. The first-order valence-corrected chi connectivity index (χ1v) is 5.33. The average molecular weight is 211 g/mol. The van der Waals surface area contributed by atoms with E-state index in [1.165, 1.54) is 0 Å². The molecule has 0 heterocycles. The molecule has 0 aromatic heterocycles. The largest absolute Gasteiger partial charge is 0.369 e. The Morgan fingerprint density at radius 3 is 2.53 bits per heavy atom. The van der Waals surface area contributed by atoms with Crippen LogP contribution >= 0.6 is 0 Å². The van der Waals surface area contributed by atoms with Crippen molar-refractivity contribution in [1.29, 1.82) is 0 Å². The van der Waals surface area contributed by atoms with E-state index in [1.807, 2.05) is 13.8 Å². The molecule has 3 heteroatoms. The van der Waals surface area contributed by atoms with E-state index in [9.17, 15) is 4.79 Å². The van der Waals surface area contributed by atoms with E-state index in [0.717, 1.165) is 6.42 Å². The van der Waals surface area contributed by atoms with Crippen molar-refractivity contribution in [3.8, 4) is 12.3 Å². The Balaban J connectivity index is 4.39. The van der Waals surface area contributed by atoms with Gasteiger partial charge in [0.25, 0.3) is 5.91 Å². The van der Waals surface area contributed by atoms with Gasteiger partial charge in [0.05, 0.1) is 0 Å². The van der Waals surface area contributed by atoms with Crippen LogP contribution in [0.1, 0.15) is 40.0 Å². The highest BCUT2D eigenvalue weighted by atomic mass is 16.5. The van der Waals surface area contributed by atoms with Gasteiger partial charge in [-0.15, -0.1) is 12.3 Å². The van der Waals surface area contributed by atoms with Crippen molar-refractivity contribution >= 4 is 5.91 Å². The first-order valence-electron chi connectivity index (χ1n) is 5.33. The SMILES string of the molecule is C#CCC(CC)NC(=O)C(C)(CC)OC. The Morgan fingerprint density at radius 1 is 1.60 bits per heavy atom. The predicted octanol–water partition coefficient (Wildman–Crippen LogP) is 1.72. The Labute approximate surface area is 92.6 Å². The monoisotopic (exact) mass is 211 g/mol. The molecule has 15 heavy (non-hydrogen) atoms. The van der Waals surface area contributed by atoms with Crippen molar-refractivity contribution in [2.45, 2.75) is 51.7 Å². The standard InChI is InChI=1S/C12H21NO2/c1-6-9-10(7-2)13-11(14)12(4,8-3)15-5/h1,10H,7-9H2,2-5H3,(H,13,14). The molecular formula is C12H21NO2. The molecule has 2 atom stereocenters. The molecule has 1 N–H and O–H groups in total. The number of hydrogen-bond donors (Lipinski definition) is 1. The average Bonchev–Trinajstić information content (AvgIpc) is 2.27. The molecule has 0 saturated carbocycles. The summed E-state index contributed by atoms with van der Waals surface area (Å²) in [7, 11) is 1.55. The topological polar surface area (TPSA) is 38.3 Å². The van der Waals surface area contributed by atoms with Gasteiger partial charge in [0.1, 0.15) is 5.60 Å². The zero-order valence-corrected chi connectivity index (χ0v) is 10.1. The maximum absolute atomic E-state index is 11.9. The summed E-state index contributed by atoms with van der Waals surface area (Å²) in [6, 6.07) is 0.0449. The van der Waals surface area contributed by atoms with E-state index in [0.29, 0.717) is 12.8 Å². The smallest absolute Gasteiger partial charge is 0.252 e. The van der Waals surface area contributed by atoms with Crippen LogP contribution in [0.25, 0.3) is 0 Å². The van der Waals surface area contributed by atoms with Gasteiger partial charge in [-0.1, -0.05) is 13.8 Å². The van der Waals surface area contributed by atoms with Crippen LogP contribution in [0, 0.1) is 12.3 Å². The summed E-state index contributed by atoms with van der Waals surface area (Å²) in [6.45, 7) is 5.70. The molecule has 0 aliphatic rings. The van der Waals surface area contributed by atoms with E-state index in [1.54, 1.807) is 14.0 Å². The molecule has 0 aromatic rings. The van der Waals surface area contributed by atoms with E-state index in [-0.39, 0.29) is 11.9 Å². The zero-order chi connectivity index (χ0) is 11.9. The molecule has 0 fully saturated rings. The third kappa shape index (κ3) is 3.93. The summed E-state index contributed by atoms with van der Waals surface area (Å²) in [4.78, 5) is 11.9. The highest BCUT2D eigenvalue weighted by Gasteiger charge is 2.31. The van der Waals surface area contributed by atoms with Gasteiger partial charge in [-0.05, 0) is 19.8 Å². The fourth-order valence-electron chi connectivity index (χ4n) is 1.18. The molecule has 3 nitrogen and oxygen atoms in total. The van der Waals surface area contributed by atoms with Gasteiger partial charge in [0, 0.05) is 19.6 Å². The van der Waals surface area contributed by atoms with E-state index in [4.69, 9.17) is 11.2 Å². The number of carbonyl (C=O) groups excluding carboxylic acids is 1. The second-order valence-electron chi connectivity index (χ2n) is 3.78. The predicted molar refractivity (Wildman–Crippen MR) is 61.4 cm³/mol. The number of nitrogens with one attached hydrogen (secondary N) is 1. The minimum atomic E-state index is -0.748. The molecule has 0 aliphatic carbocycles. The minimum Gasteiger partial charge on any atom is -0.369 e. The Hall–Kier alpha value is -1.01. The fourth-order valence-corrected chi connectivity index (χ4v) is 1.18. The number of terminal acetylenes is 1. The van der Waals surface area contributed by atoms with Crippen LogP contribution in [0.5, 0.6) is 0 Å². The normalized spacial score (nSPS) is 16.2. The van der Waals surface area contributed by atoms with Gasteiger partial charge < -0.3 is 10.1 Å². The van der Waals surface area contributed by atoms with Crippen LogP contribution in [0.3, 0.4) is 0 Å². The number of methoxy groups -OCH3 is 1. The van der Waals surface area contributed by atoms with Gasteiger partial charge in [0.2, 0.25) is 0 Å². The molecule has 0 aromatic carbocycles. The molecule has 0 spiro atoms. The number of amides is 1. The third-order valence-corrected chi connectivity index (χ3v) is 2.80. The molecule has 86 valence electrons. The van der Waals surface area contributed by atoms with E-state index in [2.05, 4.69) is 11.2 Å². The number of hydrogen-bond acceptors (Lipinski definition) is 2. The first-order chi connectivity index (χ1) is 7.03. The van der Waals surface area contributed by atoms with Crippen LogP contribution in [-0.2, 0) is 9.53 Å². The highest BCUT2D eigenvalue weighted by molar-refractivity contribution is 5.84. The van der Waals surface area contributed by atoms with E-state index >= 15 is 0 Å². The molecule has 0 saturated heterocycles. The van der Waals surface area contributed by atoms with Gasteiger partial charge in [-0.3, -0.25) is 4.79 Å². The lowest BCUT2D eigenvalue weighted by atomic mass is 10.0. The lowest BCUT2D eigenvalue weighted by Gasteiger charge is -2.27. The van der Waals surface area contributed by atoms with Crippen LogP contribution in [0.15, 0.2) is 0 Å². The Kier molecular flexibility index (Phi) is 6.03. The Morgan fingerprint density at radius 2 is 2.20 bits per heavy atom. The van der Waals surface area contributed by atoms with Crippen molar-refractivity contribution in [1.82, 2.24) is 5.32 Å². The number of carbonyl (C=O) groups is 1. The van der Waals surface area contributed by atoms with Gasteiger partial charge in [0.15, 0.2) is 0 Å². The third-order valence-electron chi connectivity index (χ3n) is 2.80. The molecule has 0 rings (SSSR count). The second-order valence-corrected chi connectivity index (χ2v) is 3.78. The summed E-state index contributed by atoms with van der Waals surface area (Å²) >= 11 is 0. The Bertz CT molecular complexity index is 238. The molecular weight excluding hydrogens is 190 g/mol. The van der Waals surface area contributed by atoms with Crippen LogP contribution in [-0.4, -0.2) is 24.7 Å². The fraction of sp³-hybridized carbons (Fsp3) is 0.750. The molecule has 0 aliphatic heterocycles. The maximum atomic E-state index is 11.9. The lowest BCUT2D eigenvalue weighted by Crippen LogP contribution is -2.49. The van der Waals surface area contributed by atoms with Gasteiger partial charge in [-0.25, -0.2) is 0 Å². The van der Waals surface area contributed by atoms with Crippen LogP contribution in [0.4, 0.5) is 0 Å². The van der Waals surface area contributed by atoms with E-state index < -0.39 is 5.60 Å². The van der Waals surface area contributed by atoms with Crippen molar-refractivity contribution in [3.63, 3.8) is 0 Å². The quantitative estimate of drug-likeness (QED) is 0.679. The number of ether oxygens (including phenoxy) is 1. The maximum Gasteiger partial charge on any atom is 0.252 e. The summed E-state index contributed by atoms with van der Waals surface area (Å²) < 4.78 is 5.21. The molecule has 0 bridgehead atoms. The molecule has 1 amide bonds. The number of rotatable bonds is 6. The van der Waals surface area contributed by atoms with Crippen molar-refractivity contribution < 1.29 is 9.53 Å². The van der Waals surface area contributed by atoms with Crippen LogP contribution < -0.4 is 5.32 Å².